The van der Waals surface area contributed by atoms with Crippen LogP contribution in [0.4, 0.5) is 10.1 Å². The summed E-state index contributed by atoms with van der Waals surface area (Å²) >= 11 is 0. The average Bonchev–Trinajstić information content (AvgIpc) is 2.73. The number of nitrogens with zero attached hydrogens (tertiary/aromatic N) is 1. The molecular weight excluding hydrogens is 379 g/mol. The van der Waals surface area contributed by atoms with Gasteiger partial charge in [0, 0.05) is 16.7 Å². The zero-order chi connectivity index (χ0) is 21.4. The Morgan fingerprint density at radius 3 is 2.47 bits per heavy atom. The van der Waals surface area contributed by atoms with E-state index in [2.05, 4.69) is 10.3 Å². The van der Waals surface area contributed by atoms with E-state index in [1.165, 1.54) is 6.07 Å². The Balaban J connectivity index is 1.89. The lowest BCUT2D eigenvalue weighted by Crippen LogP contribution is -2.13. The Kier molecular flexibility index (Phi) is 5.12. The smallest absolute Gasteiger partial charge is 0.213 e. The van der Waals surface area contributed by atoms with Crippen molar-refractivity contribution in [2.75, 3.05) is 5.32 Å². The minimum absolute atomic E-state index is 0.0353. The van der Waals surface area contributed by atoms with Crippen molar-refractivity contribution in [1.82, 2.24) is 4.98 Å². The number of pyridine rings is 1. The molecular formula is C25H23FN2O2. The number of aryl methyl sites for hydroxylation is 2. The third kappa shape index (κ3) is 3.59. The quantitative estimate of drug-likeness (QED) is 0.420. The maximum atomic E-state index is 13.4. The Morgan fingerprint density at radius 1 is 1.03 bits per heavy atom. The molecule has 152 valence electrons. The molecule has 1 atom stereocenters. The molecule has 2 aromatic carbocycles. The van der Waals surface area contributed by atoms with Crippen LogP contribution in [0, 0.1) is 26.7 Å². The normalized spacial score (nSPS) is 12.2. The van der Waals surface area contributed by atoms with Gasteiger partial charge in [-0.2, -0.15) is 4.39 Å². The van der Waals surface area contributed by atoms with Crippen LogP contribution in [0.1, 0.15) is 35.3 Å². The Hall–Kier alpha value is -3.47. The van der Waals surface area contributed by atoms with Crippen molar-refractivity contribution in [3.63, 3.8) is 0 Å². The molecule has 4 aromatic rings. The summed E-state index contributed by atoms with van der Waals surface area (Å²) in [4.78, 5) is 17.0. The fourth-order valence-electron chi connectivity index (χ4n) is 3.75. The highest BCUT2D eigenvalue weighted by Gasteiger charge is 2.19. The molecule has 5 heteroatoms. The largest absolute Gasteiger partial charge is 0.455 e. The van der Waals surface area contributed by atoms with Gasteiger partial charge < -0.3 is 9.73 Å². The summed E-state index contributed by atoms with van der Waals surface area (Å²) in [6, 6.07) is 16.3. The molecule has 4 rings (SSSR count). The van der Waals surface area contributed by atoms with Gasteiger partial charge in [-0.25, -0.2) is 4.98 Å². The second-order valence-corrected chi connectivity index (χ2v) is 7.62. The summed E-state index contributed by atoms with van der Waals surface area (Å²) in [5.74, 6) is 0.0608. The van der Waals surface area contributed by atoms with Gasteiger partial charge in [-0.05, 0) is 51.5 Å². The van der Waals surface area contributed by atoms with Gasteiger partial charge in [-0.15, -0.1) is 0 Å². The zero-order valence-electron chi connectivity index (χ0n) is 17.4. The highest BCUT2D eigenvalue weighted by Crippen LogP contribution is 2.32. The van der Waals surface area contributed by atoms with Crippen LogP contribution in [0.5, 0.6) is 0 Å². The fraction of sp³-hybridized carbons (Fsp3) is 0.200. The van der Waals surface area contributed by atoms with E-state index in [1.807, 2.05) is 56.3 Å². The van der Waals surface area contributed by atoms with Gasteiger partial charge in [-0.3, -0.25) is 4.79 Å². The van der Waals surface area contributed by atoms with Crippen LogP contribution < -0.4 is 10.7 Å². The molecule has 0 saturated heterocycles. The van der Waals surface area contributed by atoms with Crippen LogP contribution in [0.3, 0.4) is 0 Å². The van der Waals surface area contributed by atoms with Gasteiger partial charge in [0.15, 0.2) is 5.43 Å². The van der Waals surface area contributed by atoms with Gasteiger partial charge in [0.05, 0.1) is 22.8 Å². The van der Waals surface area contributed by atoms with Gasteiger partial charge >= 0.3 is 0 Å². The molecule has 2 aromatic heterocycles. The second-order valence-electron chi connectivity index (χ2n) is 7.62. The number of fused-ring (bicyclic) bond motifs is 1. The minimum Gasteiger partial charge on any atom is -0.455 e. The van der Waals surface area contributed by atoms with Gasteiger partial charge in [-0.1, -0.05) is 36.4 Å². The van der Waals surface area contributed by atoms with E-state index >= 15 is 0 Å². The molecule has 4 nitrogen and oxygen atoms in total. The van der Waals surface area contributed by atoms with Crippen molar-refractivity contribution in [2.24, 2.45) is 0 Å². The lowest BCUT2D eigenvalue weighted by Gasteiger charge is -2.19. The monoisotopic (exact) mass is 402 g/mol. The van der Waals surface area contributed by atoms with Crippen LogP contribution in [0.15, 0.2) is 63.8 Å². The first-order valence-electron chi connectivity index (χ1n) is 9.88. The highest BCUT2D eigenvalue weighted by molar-refractivity contribution is 5.84. The Bertz CT molecular complexity index is 1300. The molecule has 0 amide bonds. The molecule has 0 spiro atoms. The number of hydrogen-bond donors (Lipinski definition) is 1. The van der Waals surface area contributed by atoms with Crippen LogP contribution in [0.2, 0.25) is 0 Å². The van der Waals surface area contributed by atoms with Crippen molar-refractivity contribution in [3.8, 4) is 11.3 Å². The molecule has 2 heterocycles. The van der Waals surface area contributed by atoms with Gasteiger partial charge in [0.25, 0.3) is 0 Å². The van der Waals surface area contributed by atoms with E-state index in [1.54, 1.807) is 19.9 Å². The number of nitrogens with one attached hydrogen (secondary N) is 1. The van der Waals surface area contributed by atoms with E-state index in [4.69, 9.17) is 4.42 Å². The predicted octanol–water partition coefficient (Wildman–Crippen LogP) is 6.09. The van der Waals surface area contributed by atoms with Crippen molar-refractivity contribution in [3.05, 3.63) is 93.2 Å². The molecule has 0 bridgehead atoms. The number of rotatable bonds is 4. The van der Waals surface area contributed by atoms with Crippen molar-refractivity contribution < 1.29 is 8.81 Å². The van der Waals surface area contributed by atoms with Gasteiger partial charge in [0.2, 0.25) is 5.95 Å². The minimum atomic E-state index is -0.513. The number of hydrogen-bond acceptors (Lipinski definition) is 4. The van der Waals surface area contributed by atoms with Crippen molar-refractivity contribution in [1.29, 1.82) is 0 Å². The zero-order valence-corrected chi connectivity index (χ0v) is 17.4. The third-order valence-corrected chi connectivity index (χ3v) is 5.32. The molecule has 0 saturated carbocycles. The number of benzene rings is 2. The molecule has 0 radical (unpaired) electrons. The third-order valence-electron chi connectivity index (χ3n) is 5.32. The first kappa shape index (κ1) is 19.8. The first-order chi connectivity index (χ1) is 14.3. The summed E-state index contributed by atoms with van der Waals surface area (Å²) < 4.78 is 19.7. The van der Waals surface area contributed by atoms with E-state index in [-0.39, 0.29) is 11.5 Å². The average molecular weight is 402 g/mol. The molecule has 0 aliphatic heterocycles. The standard InChI is InChI=1S/C25H23FN2O2/c1-14-12-19(16(3)27-21-10-11-22(26)28-17(21)4)25-20(13-14)23(29)15(2)24(30-25)18-8-6-5-7-9-18/h5-13,16,27H,1-4H3/t16-/m1/s1. The summed E-state index contributed by atoms with van der Waals surface area (Å²) in [5, 5.41) is 3.94. The van der Waals surface area contributed by atoms with E-state index < -0.39 is 5.95 Å². The number of halogens is 1. The molecule has 30 heavy (non-hydrogen) atoms. The van der Waals surface area contributed by atoms with Crippen LogP contribution in [-0.2, 0) is 0 Å². The number of aromatic nitrogens is 1. The van der Waals surface area contributed by atoms with Crippen LogP contribution in [-0.4, -0.2) is 4.98 Å². The van der Waals surface area contributed by atoms with E-state index in [0.29, 0.717) is 28.0 Å². The maximum Gasteiger partial charge on any atom is 0.213 e. The molecule has 0 aliphatic carbocycles. The van der Waals surface area contributed by atoms with E-state index in [0.717, 1.165) is 22.4 Å². The second kappa shape index (κ2) is 7.75. The van der Waals surface area contributed by atoms with Gasteiger partial charge in [0.1, 0.15) is 11.3 Å². The predicted molar refractivity (Wildman–Crippen MR) is 118 cm³/mol. The van der Waals surface area contributed by atoms with Crippen molar-refractivity contribution >= 4 is 16.7 Å². The highest BCUT2D eigenvalue weighted by atomic mass is 19.1. The lowest BCUT2D eigenvalue weighted by molar-refractivity contribution is 0.580. The summed E-state index contributed by atoms with van der Waals surface area (Å²) in [6.45, 7) is 7.49. The molecule has 1 N–H and O–H groups in total. The number of anilines is 1. The molecule has 0 unspecified atom stereocenters. The summed E-state index contributed by atoms with van der Waals surface area (Å²) in [7, 11) is 0. The van der Waals surface area contributed by atoms with Crippen LogP contribution >= 0.6 is 0 Å². The lowest BCUT2D eigenvalue weighted by atomic mass is 9.99. The molecule has 0 aliphatic rings. The topological polar surface area (TPSA) is 55.1 Å². The summed E-state index contributed by atoms with van der Waals surface area (Å²) in [5.41, 5.74) is 5.11. The van der Waals surface area contributed by atoms with E-state index in [9.17, 15) is 9.18 Å². The fourth-order valence-corrected chi connectivity index (χ4v) is 3.75. The van der Waals surface area contributed by atoms with Crippen molar-refractivity contribution in [2.45, 2.75) is 33.7 Å². The SMILES string of the molecule is Cc1cc([C@@H](C)Nc2ccc(F)nc2C)c2oc(-c3ccccc3)c(C)c(=O)c2c1. The van der Waals surface area contributed by atoms with Crippen LogP contribution in [0.25, 0.3) is 22.3 Å². The Morgan fingerprint density at radius 2 is 1.77 bits per heavy atom. The maximum absolute atomic E-state index is 13.4. The molecule has 0 fully saturated rings. The summed E-state index contributed by atoms with van der Waals surface area (Å²) in [6.07, 6.45) is 0. The first-order valence-corrected chi connectivity index (χ1v) is 9.88. The Labute approximate surface area is 174 Å².